The van der Waals surface area contributed by atoms with Crippen LogP contribution in [0.5, 0.6) is 0 Å². The molecule has 5 heteroatoms. The van der Waals surface area contributed by atoms with E-state index in [0.717, 1.165) is 17.0 Å². The van der Waals surface area contributed by atoms with E-state index in [-0.39, 0.29) is 18.0 Å². The molecule has 1 aliphatic heterocycles. The highest BCUT2D eigenvalue weighted by Gasteiger charge is 2.33. The molecule has 94 valence electrons. The Morgan fingerprint density at radius 2 is 2.12 bits per heavy atom. The summed E-state index contributed by atoms with van der Waals surface area (Å²) in [7, 11) is 1.93. The van der Waals surface area contributed by atoms with Gasteiger partial charge in [-0.2, -0.15) is 5.10 Å². The van der Waals surface area contributed by atoms with Gasteiger partial charge in [-0.05, 0) is 20.8 Å². The summed E-state index contributed by atoms with van der Waals surface area (Å²) in [5, 5.41) is 4.39. The van der Waals surface area contributed by atoms with E-state index in [1.807, 2.05) is 37.4 Å². The van der Waals surface area contributed by atoms with Crippen molar-refractivity contribution in [2.45, 2.75) is 39.3 Å². The van der Waals surface area contributed by atoms with Gasteiger partial charge in [0.25, 0.3) is 0 Å². The maximum atomic E-state index is 11.8. The van der Waals surface area contributed by atoms with Gasteiger partial charge in [0.15, 0.2) is 0 Å². The molecule has 1 amide bonds. The summed E-state index contributed by atoms with van der Waals surface area (Å²) in [6, 6.07) is 0.0342. The maximum absolute atomic E-state index is 11.8. The second kappa shape index (κ2) is 4.14. The van der Waals surface area contributed by atoms with E-state index in [0.29, 0.717) is 13.0 Å². The van der Waals surface area contributed by atoms with Crippen LogP contribution >= 0.6 is 0 Å². The van der Waals surface area contributed by atoms with Crippen LogP contribution in [0, 0.1) is 13.8 Å². The number of carbonyl (C=O) groups excluding carboxylic acids is 1. The van der Waals surface area contributed by atoms with Crippen molar-refractivity contribution in [3.8, 4) is 0 Å². The number of hydrogen-bond donors (Lipinski definition) is 1. The predicted octanol–water partition coefficient (Wildman–Crippen LogP) is 0.658. The number of hydrogen-bond acceptors (Lipinski definition) is 3. The molecule has 5 nitrogen and oxygen atoms in total. The number of likely N-dealkylation sites (tertiary alicyclic amines) is 1. The Morgan fingerprint density at radius 1 is 1.47 bits per heavy atom. The molecule has 2 unspecified atom stereocenters. The molecule has 2 heterocycles. The zero-order valence-corrected chi connectivity index (χ0v) is 10.9. The third kappa shape index (κ3) is 1.95. The van der Waals surface area contributed by atoms with Crippen LogP contribution < -0.4 is 5.73 Å². The molecular formula is C12H20N4O. The van der Waals surface area contributed by atoms with Gasteiger partial charge in [0.2, 0.25) is 5.91 Å². The van der Waals surface area contributed by atoms with Crippen LogP contribution in [0.3, 0.4) is 0 Å². The fourth-order valence-electron chi connectivity index (χ4n) is 2.69. The molecule has 17 heavy (non-hydrogen) atoms. The highest BCUT2D eigenvalue weighted by Crippen LogP contribution is 2.29. The largest absolute Gasteiger partial charge is 0.334 e. The van der Waals surface area contributed by atoms with Crippen LogP contribution in [-0.4, -0.2) is 33.2 Å². The number of carbonyl (C=O) groups is 1. The SMILES string of the molecule is Cc1nn(C)c(C)c1C(C)N1CC(N)CC1=O. The van der Waals surface area contributed by atoms with Crippen molar-refractivity contribution < 1.29 is 4.79 Å². The third-order valence-electron chi connectivity index (χ3n) is 3.64. The van der Waals surface area contributed by atoms with Crippen molar-refractivity contribution in [2.75, 3.05) is 6.54 Å². The monoisotopic (exact) mass is 236 g/mol. The third-order valence-corrected chi connectivity index (χ3v) is 3.64. The average Bonchev–Trinajstić information content (AvgIpc) is 2.68. The minimum absolute atomic E-state index is 0.0257. The van der Waals surface area contributed by atoms with E-state index in [4.69, 9.17) is 5.73 Å². The molecule has 0 spiro atoms. The van der Waals surface area contributed by atoms with Gasteiger partial charge in [-0.15, -0.1) is 0 Å². The van der Waals surface area contributed by atoms with Crippen LogP contribution in [0.25, 0.3) is 0 Å². The number of nitrogens with two attached hydrogens (primary N) is 1. The van der Waals surface area contributed by atoms with Crippen molar-refractivity contribution in [3.05, 3.63) is 17.0 Å². The summed E-state index contributed by atoms with van der Waals surface area (Å²) in [6.07, 6.45) is 0.461. The maximum Gasteiger partial charge on any atom is 0.224 e. The van der Waals surface area contributed by atoms with Gasteiger partial charge in [0, 0.05) is 37.3 Å². The Kier molecular flexibility index (Phi) is 2.95. The molecule has 0 saturated carbocycles. The molecule has 1 aromatic rings. The number of nitrogens with zero attached hydrogens (tertiary/aromatic N) is 3. The first kappa shape index (κ1) is 12.1. The lowest BCUT2D eigenvalue weighted by atomic mass is 10.1. The van der Waals surface area contributed by atoms with Crippen LogP contribution in [0.15, 0.2) is 0 Å². The second-order valence-electron chi connectivity index (χ2n) is 4.89. The molecule has 0 radical (unpaired) electrons. The van der Waals surface area contributed by atoms with Gasteiger partial charge in [-0.25, -0.2) is 0 Å². The Bertz CT molecular complexity index is 452. The molecule has 0 aliphatic carbocycles. The molecule has 0 aromatic carbocycles. The van der Waals surface area contributed by atoms with Gasteiger partial charge in [0.05, 0.1) is 11.7 Å². The molecule has 0 bridgehead atoms. The Morgan fingerprint density at radius 3 is 2.53 bits per heavy atom. The highest BCUT2D eigenvalue weighted by atomic mass is 16.2. The van der Waals surface area contributed by atoms with Crippen LogP contribution in [0.1, 0.15) is 36.3 Å². The molecule has 2 rings (SSSR count). The first-order chi connectivity index (χ1) is 7.91. The zero-order valence-electron chi connectivity index (χ0n) is 10.9. The van der Waals surface area contributed by atoms with Gasteiger partial charge in [-0.3, -0.25) is 9.48 Å². The molecule has 1 aromatic heterocycles. The summed E-state index contributed by atoms with van der Waals surface area (Å²) < 4.78 is 1.86. The van der Waals surface area contributed by atoms with E-state index < -0.39 is 0 Å². The smallest absolute Gasteiger partial charge is 0.224 e. The first-order valence-corrected chi connectivity index (χ1v) is 5.97. The standard InChI is InChI=1S/C12H20N4O/c1-7-12(8(2)15(4)14-7)9(3)16-6-10(13)5-11(16)17/h9-10H,5-6,13H2,1-4H3. The summed E-state index contributed by atoms with van der Waals surface area (Å²) >= 11 is 0. The lowest BCUT2D eigenvalue weighted by Gasteiger charge is -2.25. The van der Waals surface area contributed by atoms with Crippen molar-refractivity contribution >= 4 is 5.91 Å². The molecular weight excluding hydrogens is 216 g/mol. The van der Waals surface area contributed by atoms with E-state index in [1.165, 1.54) is 0 Å². The number of aryl methyl sites for hydroxylation is 2. The van der Waals surface area contributed by atoms with Gasteiger partial charge >= 0.3 is 0 Å². The minimum atomic E-state index is -0.0257. The first-order valence-electron chi connectivity index (χ1n) is 5.97. The van der Waals surface area contributed by atoms with E-state index in [2.05, 4.69) is 5.10 Å². The molecule has 1 aliphatic rings. The average molecular weight is 236 g/mol. The summed E-state index contributed by atoms with van der Waals surface area (Å²) in [6.45, 7) is 6.71. The fraction of sp³-hybridized carbons (Fsp3) is 0.667. The number of rotatable bonds is 2. The lowest BCUT2D eigenvalue weighted by molar-refractivity contribution is -0.129. The minimum Gasteiger partial charge on any atom is -0.334 e. The van der Waals surface area contributed by atoms with Crippen molar-refractivity contribution in [2.24, 2.45) is 12.8 Å². The van der Waals surface area contributed by atoms with Crippen LogP contribution in [0.2, 0.25) is 0 Å². The molecule has 2 N–H and O–H groups in total. The van der Waals surface area contributed by atoms with Crippen molar-refractivity contribution in [1.82, 2.24) is 14.7 Å². The van der Waals surface area contributed by atoms with Crippen molar-refractivity contribution in [3.63, 3.8) is 0 Å². The van der Waals surface area contributed by atoms with Gasteiger partial charge < -0.3 is 10.6 Å². The van der Waals surface area contributed by atoms with E-state index >= 15 is 0 Å². The molecule has 2 atom stereocenters. The predicted molar refractivity (Wildman–Crippen MR) is 65.4 cm³/mol. The number of aromatic nitrogens is 2. The number of amides is 1. The van der Waals surface area contributed by atoms with E-state index in [1.54, 1.807) is 0 Å². The fourth-order valence-corrected chi connectivity index (χ4v) is 2.69. The topological polar surface area (TPSA) is 64.2 Å². The zero-order chi connectivity index (χ0) is 12.7. The van der Waals surface area contributed by atoms with Gasteiger partial charge in [-0.1, -0.05) is 0 Å². The normalized spacial score (nSPS) is 22.3. The van der Waals surface area contributed by atoms with Crippen LogP contribution in [-0.2, 0) is 11.8 Å². The summed E-state index contributed by atoms with van der Waals surface area (Å²) in [5.41, 5.74) is 9.08. The van der Waals surface area contributed by atoms with Crippen LogP contribution in [0.4, 0.5) is 0 Å². The summed E-state index contributed by atoms with van der Waals surface area (Å²) in [5.74, 6) is 0.146. The van der Waals surface area contributed by atoms with E-state index in [9.17, 15) is 4.79 Å². The quantitative estimate of drug-likeness (QED) is 0.820. The second-order valence-corrected chi connectivity index (χ2v) is 4.89. The molecule has 1 fully saturated rings. The van der Waals surface area contributed by atoms with Crippen molar-refractivity contribution in [1.29, 1.82) is 0 Å². The van der Waals surface area contributed by atoms with Gasteiger partial charge in [0.1, 0.15) is 0 Å². The highest BCUT2D eigenvalue weighted by molar-refractivity contribution is 5.79. The summed E-state index contributed by atoms with van der Waals surface area (Å²) in [4.78, 5) is 13.7. The lowest BCUT2D eigenvalue weighted by Crippen LogP contribution is -2.31. The Labute approximate surface area is 102 Å². The Balaban J connectivity index is 2.31. The molecule has 1 saturated heterocycles. The Hall–Kier alpha value is -1.36.